The number of aromatic nitrogens is 2. The molecule has 2 aromatic heterocycles. The highest BCUT2D eigenvalue weighted by Gasteiger charge is 2.38. The molecule has 0 radical (unpaired) electrons. The number of carbonyl (C=O) groups excluding carboxylic acids is 1. The second kappa shape index (κ2) is 10.5. The van der Waals surface area contributed by atoms with Gasteiger partial charge in [0.25, 0.3) is 5.91 Å². The van der Waals surface area contributed by atoms with Crippen molar-refractivity contribution >= 4 is 23.8 Å². The van der Waals surface area contributed by atoms with Gasteiger partial charge in [-0.2, -0.15) is 18.3 Å². The third kappa shape index (κ3) is 6.34. The Kier molecular flexibility index (Phi) is 7.51. The number of ether oxygens (including phenoxy) is 1. The molecule has 178 valence electrons. The summed E-state index contributed by atoms with van der Waals surface area (Å²) < 4.78 is 36.9. The average Bonchev–Trinajstić information content (AvgIpc) is 3.26. The number of anilines is 1. The molecule has 0 saturated carbocycles. The van der Waals surface area contributed by atoms with E-state index in [1.54, 1.807) is 19.5 Å². The van der Waals surface area contributed by atoms with Gasteiger partial charge in [0.05, 0.1) is 30.3 Å². The number of carbonyl (C=O) groups is 2. The monoisotopic (exact) mass is 475 g/mol. The van der Waals surface area contributed by atoms with Crippen LogP contribution in [0.5, 0.6) is 5.75 Å². The lowest BCUT2D eigenvalue weighted by molar-refractivity contribution is -0.192. The summed E-state index contributed by atoms with van der Waals surface area (Å²) >= 11 is 0. The molecule has 0 atom stereocenters. The van der Waals surface area contributed by atoms with Crippen LogP contribution in [0.4, 0.5) is 18.9 Å². The molecule has 34 heavy (non-hydrogen) atoms. The van der Waals surface area contributed by atoms with Crippen LogP contribution in [0.1, 0.15) is 21.7 Å². The van der Waals surface area contributed by atoms with E-state index in [1.807, 2.05) is 42.5 Å². The van der Waals surface area contributed by atoms with Crippen molar-refractivity contribution < 1.29 is 32.6 Å². The molecule has 3 heterocycles. The van der Waals surface area contributed by atoms with Crippen LogP contribution in [0, 0.1) is 0 Å². The zero-order chi connectivity index (χ0) is 24.7. The Labute approximate surface area is 191 Å². The van der Waals surface area contributed by atoms with E-state index in [4.69, 9.17) is 14.6 Å². The summed E-state index contributed by atoms with van der Waals surface area (Å²) in [5.74, 6) is -1.99. The van der Waals surface area contributed by atoms with Crippen LogP contribution in [-0.2, 0) is 11.2 Å². The summed E-state index contributed by atoms with van der Waals surface area (Å²) in [6, 6.07) is 13.2. The van der Waals surface area contributed by atoms with Crippen LogP contribution in [0.15, 0.2) is 53.8 Å². The fraction of sp³-hybridized carbons (Fsp3) is 0.182. The highest BCUT2D eigenvalue weighted by Crippen LogP contribution is 2.24. The molecule has 0 fully saturated rings. The lowest BCUT2D eigenvalue weighted by atomic mass is 10.1. The van der Waals surface area contributed by atoms with E-state index in [0.29, 0.717) is 17.8 Å². The van der Waals surface area contributed by atoms with Gasteiger partial charge in [0.2, 0.25) is 0 Å². The maximum Gasteiger partial charge on any atom is 0.490 e. The number of carboxylic acids is 1. The standard InChI is InChI=1S/C20H19N5O2.C2HF3O2/c1-27-16-4-2-14(3-5-16)25-23-12-15-10-13(6-8-21-15)19-11-17-18(24-19)7-9-22-20(17)26;3-2(4,5)1(6)7/h2-6,8,10-12,24-25H,7,9H2,1H3,(H,22,26);(H,6,7). The van der Waals surface area contributed by atoms with Gasteiger partial charge in [-0.1, -0.05) is 0 Å². The fourth-order valence-electron chi connectivity index (χ4n) is 2.97. The number of rotatable bonds is 5. The first-order valence-corrected chi connectivity index (χ1v) is 9.87. The number of aliphatic carboxylic acids is 1. The van der Waals surface area contributed by atoms with Crippen LogP contribution in [-0.4, -0.2) is 53.0 Å². The molecule has 0 aliphatic carbocycles. The van der Waals surface area contributed by atoms with Gasteiger partial charge >= 0.3 is 12.1 Å². The highest BCUT2D eigenvalue weighted by atomic mass is 19.4. The molecule has 0 unspecified atom stereocenters. The Morgan fingerprint density at radius 1 is 1.24 bits per heavy atom. The Hall–Kier alpha value is -4.35. The number of benzene rings is 1. The highest BCUT2D eigenvalue weighted by molar-refractivity contribution is 5.97. The summed E-state index contributed by atoms with van der Waals surface area (Å²) in [6.07, 6.45) is -0.889. The number of methoxy groups -OCH3 is 1. The molecule has 0 bridgehead atoms. The van der Waals surface area contributed by atoms with E-state index in [9.17, 15) is 18.0 Å². The number of fused-ring (bicyclic) bond motifs is 1. The minimum Gasteiger partial charge on any atom is -0.497 e. The molecule has 1 amide bonds. The minimum absolute atomic E-state index is 0.0294. The molecule has 3 aromatic rings. The van der Waals surface area contributed by atoms with Crippen molar-refractivity contribution in [1.82, 2.24) is 15.3 Å². The molecule has 1 aliphatic rings. The maximum absolute atomic E-state index is 11.9. The Bertz CT molecular complexity index is 1190. The summed E-state index contributed by atoms with van der Waals surface area (Å²) in [6.45, 7) is 0.664. The van der Waals surface area contributed by atoms with Crippen molar-refractivity contribution in [1.29, 1.82) is 0 Å². The van der Waals surface area contributed by atoms with Crippen LogP contribution in [0.25, 0.3) is 11.3 Å². The van der Waals surface area contributed by atoms with Gasteiger partial charge in [0, 0.05) is 36.1 Å². The largest absolute Gasteiger partial charge is 0.497 e. The zero-order valence-corrected chi connectivity index (χ0v) is 17.8. The Morgan fingerprint density at radius 2 is 1.94 bits per heavy atom. The molecule has 1 aliphatic heterocycles. The molecule has 1 aromatic carbocycles. The Balaban J connectivity index is 0.000000406. The molecule has 4 rings (SSSR count). The first kappa shape index (κ1) is 24.3. The molecular formula is C22H20F3N5O4. The average molecular weight is 475 g/mol. The molecule has 0 saturated heterocycles. The number of hydrogen-bond acceptors (Lipinski definition) is 6. The van der Waals surface area contributed by atoms with Gasteiger partial charge in [-0.25, -0.2) is 4.79 Å². The van der Waals surface area contributed by atoms with Crippen molar-refractivity contribution in [3.8, 4) is 17.0 Å². The van der Waals surface area contributed by atoms with Crippen LogP contribution >= 0.6 is 0 Å². The van der Waals surface area contributed by atoms with Gasteiger partial charge in [0.1, 0.15) is 5.75 Å². The maximum atomic E-state index is 11.9. The number of hydrogen-bond donors (Lipinski definition) is 4. The van der Waals surface area contributed by atoms with Gasteiger partial charge in [-0.15, -0.1) is 0 Å². The first-order valence-electron chi connectivity index (χ1n) is 9.87. The smallest absolute Gasteiger partial charge is 0.490 e. The van der Waals surface area contributed by atoms with E-state index in [2.05, 4.69) is 25.8 Å². The van der Waals surface area contributed by atoms with E-state index in [1.165, 1.54) is 0 Å². The predicted octanol–water partition coefficient (Wildman–Crippen LogP) is 3.45. The lowest BCUT2D eigenvalue weighted by Crippen LogP contribution is -2.31. The number of H-pyrrole nitrogens is 1. The lowest BCUT2D eigenvalue weighted by Gasteiger charge is -2.10. The van der Waals surface area contributed by atoms with Crippen LogP contribution in [0.2, 0.25) is 0 Å². The van der Waals surface area contributed by atoms with Crippen LogP contribution in [0.3, 0.4) is 0 Å². The van der Waals surface area contributed by atoms with E-state index in [0.717, 1.165) is 34.8 Å². The van der Waals surface area contributed by atoms with E-state index in [-0.39, 0.29) is 5.91 Å². The molecule has 9 nitrogen and oxygen atoms in total. The number of nitrogens with one attached hydrogen (secondary N) is 3. The third-order valence-electron chi connectivity index (χ3n) is 4.62. The fourth-order valence-corrected chi connectivity index (χ4v) is 2.97. The Morgan fingerprint density at radius 3 is 2.56 bits per heavy atom. The SMILES string of the molecule is COc1ccc(NN=Cc2cc(-c3cc4c([nH]3)CCNC4=O)ccn2)cc1.O=C(O)C(F)(F)F. The van der Waals surface area contributed by atoms with Gasteiger partial charge in [-0.3, -0.25) is 15.2 Å². The number of alkyl halides is 3. The van der Waals surface area contributed by atoms with Crippen molar-refractivity contribution in [2.45, 2.75) is 12.6 Å². The van der Waals surface area contributed by atoms with E-state index >= 15 is 0 Å². The number of amides is 1. The van der Waals surface area contributed by atoms with Gasteiger partial charge in [-0.05, 0) is 42.5 Å². The van der Waals surface area contributed by atoms with Crippen molar-refractivity contribution in [3.63, 3.8) is 0 Å². The summed E-state index contributed by atoms with van der Waals surface area (Å²) in [4.78, 5) is 28.5. The molecular weight excluding hydrogens is 455 g/mol. The van der Waals surface area contributed by atoms with Gasteiger partial charge < -0.3 is 20.1 Å². The number of carboxylic acid groups (broad SMARTS) is 1. The van der Waals surface area contributed by atoms with Gasteiger partial charge in [0.15, 0.2) is 0 Å². The van der Waals surface area contributed by atoms with Crippen molar-refractivity contribution in [2.75, 3.05) is 19.1 Å². The normalized spacial score (nSPS) is 12.9. The first-order chi connectivity index (χ1) is 16.2. The number of pyridine rings is 1. The number of nitrogens with zero attached hydrogens (tertiary/aromatic N) is 2. The topological polar surface area (TPSA) is 129 Å². The van der Waals surface area contributed by atoms with Crippen molar-refractivity contribution in [2.24, 2.45) is 5.10 Å². The number of hydrazone groups is 1. The quantitative estimate of drug-likeness (QED) is 0.331. The zero-order valence-electron chi connectivity index (χ0n) is 17.8. The van der Waals surface area contributed by atoms with Crippen LogP contribution < -0.4 is 15.5 Å². The van der Waals surface area contributed by atoms with E-state index < -0.39 is 12.1 Å². The summed E-state index contributed by atoms with van der Waals surface area (Å²) in [5, 5.41) is 14.2. The second-order valence-corrected chi connectivity index (χ2v) is 6.95. The number of halogens is 3. The minimum atomic E-state index is -5.08. The summed E-state index contributed by atoms with van der Waals surface area (Å²) in [5.41, 5.74) is 8.07. The second-order valence-electron chi connectivity index (χ2n) is 6.95. The number of aromatic amines is 1. The predicted molar refractivity (Wildman–Crippen MR) is 118 cm³/mol. The summed E-state index contributed by atoms with van der Waals surface area (Å²) in [7, 11) is 1.63. The third-order valence-corrected chi connectivity index (χ3v) is 4.62. The molecule has 12 heteroatoms. The molecule has 0 spiro atoms. The van der Waals surface area contributed by atoms with Crippen molar-refractivity contribution in [3.05, 3.63) is 65.6 Å². The molecule has 4 N–H and O–H groups in total.